The summed E-state index contributed by atoms with van der Waals surface area (Å²) in [7, 11) is 0. The average Bonchev–Trinajstić information content (AvgIpc) is 2.74. The van der Waals surface area contributed by atoms with Crippen LogP contribution < -0.4 is 5.32 Å². The molecule has 1 amide bonds. The summed E-state index contributed by atoms with van der Waals surface area (Å²) < 4.78 is 0. The van der Waals surface area contributed by atoms with E-state index in [0.29, 0.717) is 18.6 Å². The van der Waals surface area contributed by atoms with Gasteiger partial charge < -0.3 is 5.32 Å². The van der Waals surface area contributed by atoms with Gasteiger partial charge in [0.25, 0.3) is 5.91 Å². The van der Waals surface area contributed by atoms with Gasteiger partial charge in [-0.15, -0.1) is 0 Å². The van der Waals surface area contributed by atoms with Gasteiger partial charge in [0.15, 0.2) is 0 Å². The van der Waals surface area contributed by atoms with Crippen LogP contribution in [0.2, 0.25) is 0 Å². The van der Waals surface area contributed by atoms with Crippen molar-refractivity contribution in [1.82, 2.24) is 5.32 Å². The first kappa shape index (κ1) is 10.4. The Morgan fingerprint density at radius 3 is 2.73 bits per heavy atom. The molecule has 0 bridgehead atoms. The van der Waals surface area contributed by atoms with Crippen LogP contribution in [0.5, 0.6) is 0 Å². The third kappa shape index (κ3) is 2.65. The Bertz CT molecular complexity index is 349. The Hall–Kier alpha value is -1.16. The number of thiophene rings is 1. The van der Waals surface area contributed by atoms with Crippen molar-refractivity contribution in [2.24, 2.45) is 0 Å². The first-order valence-corrected chi connectivity index (χ1v) is 6.05. The SMILES string of the molecule is O=C1CCC(NC(=O)c2ccsc2)CC1. The fourth-order valence-corrected chi connectivity index (χ4v) is 2.38. The molecule has 1 aromatic rings. The second-order valence-electron chi connectivity index (χ2n) is 3.80. The lowest BCUT2D eigenvalue weighted by Gasteiger charge is -2.21. The number of hydrogen-bond acceptors (Lipinski definition) is 3. The van der Waals surface area contributed by atoms with Crippen molar-refractivity contribution in [3.8, 4) is 0 Å². The molecule has 1 aliphatic carbocycles. The van der Waals surface area contributed by atoms with Crippen LogP contribution in [0.4, 0.5) is 0 Å². The zero-order valence-corrected chi connectivity index (χ0v) is 9.18. The number of nitrogens with one attached hydrogen (secondary N) is 1. The predicted octanol–water partition coefficient (Wildman–Crippen LogP) is 1.99. The Balaban J connectivity index is 1.87. The highest BCUT2D eigenvalue weighted by molar-refractivity contribution is 7.08. The van der Waals surface area contributed by atoms with E-state index in [0.717, 1.165) is 18.4 Å². The molecule has 1 heterocycles. The maximum absolute atomic E-state index is 11.7. The molecule has 0 radical (unpaired) electrons. The van der Waals surface area contributed by atoms with Crippen LogP contribution in [0, 0.1) is 0 Å². The standard InChI is InChI=1S/C11H13NO2S/c13-10-3-1-9(2-4-10)12-11(14)8-5-6-15-7-8/h5-7,9H,1-4H2,(H,12,14). The second kappa shape index (κ2) is 4.57. The molecule has 3 nitrogen and oxygen atoms in total. The summed E-state index contributed by atoms with van der Waals surface area (Å²) in [6.07, 6.45) is 2.78. The highest BCUT2D eigenvalue weighted by atomic mass is 32.1. The van der Waals surface area contributed by atoms with Crippen LogP contribution in [-0.4, -0.2) is 17.7 Å². The third-order valence-electron chi connectivity index (χ3n) is 2.66. The summed E-state index contributed by atoms with van der Waals surface area (Å²) in [6.45, 7) is 0. The van der Waals surface area contributed by atoms with Gasteiger partial charge in [-0.3, -0.25) is 9.59 Å². The zero-order chi connectivity index (χ0) is 10.7. The molecule has 1 saturated carbocycles. The van der Waals surface area contributed by atoms with Gasteiger partial charge in [-0.05, 0) is 24.3 Å². The lowest BCUT2D eigenvalue weighted by Crippen LogP contribution is -2.37. The van der Waals surface area contributed by atoms with Crippen molar-refractivity contribution in [2.75, 3.05) is 0 Å². The predicted molar refractivity (Wildman–Crippen MR) is 59.0 cm³/mol. The molecule has 1 aromatic heterocycles. The van der Waals surface area contributed by atoms with E-state index in [9.17, 15) is 9.59 Å². The first-order valence-electron chi connectivity index (χ1n) is 5.10. The van der Waals surface area contributed by atoms with Crippen molar-refractivity contribution in [3.63, 3.8) is 0 Å². The lowest BCUT2D eigenvalue weighted by molar-refractivity contribution is -0.120. The lowest BCUT2D eigenvalue weighted by atomic mass is 9.94. The van der Waals surface area contributed by atoms with Crippen molar-refractivity contribution in [2.45, 2.75) is 31.7 Å². The monoisotopic (exact) mass is 223 g/mol. The van der Waals surface area contributed by atoms with Gasteiger partial charge in [-0.25, -0.2) is 0 Å². The molecule has 2 rings (SSSR count). The molecule has 0 unspecified atom stereocenters. The van der Waals surface area contributed by atoms with Gasteiger partial charge in [-0.1, -0.05) is 0 Å². The first-order chi connectivity index (χ1) is 7.25. The van der Waals surface area contributed by atoms with E-state index in [1.54, 1.807) is 0 Å². The maximum Gasteiger partial charge on any atom is 0.252 e. The highest BCUT2D eigenvalue weighted by Gasteiger charge is 2.20. The number of carbonyl (C=O) groups excluding carboxylic acids is 2. The van der Waals surface area contributed by atoms with Crippen molar-refractivity contribution in [1.29, 1.82) is 0 Å². The molecular weight excluding hydrogens is 210 g/mol. The van der Waals surface area contributed by atoms with Crippen LogP contribution in [0.25, 0.3) is 0 Å². The summed E-state index contributed by atoms with van der Waals surface area (Å²) in [6, 6.07) is 1.99. The van der Waals surface area contributed by atoms with Gasteiger partial charge in [0.05, 0.1) is 0 Å². The molecular formula is C11H13NO2S. The van der Waals surface area contributed by atoms with Crippen LogP contribution in [-0.2, 0) is 4.79 Å². The Kier molecular flexibility index (Phi) is 3.16. The normalized spacial score (nSPS) is 17.7. The van der Waals surface area contributed by atoms with Crippen LogP contribution in [0.3, 0.4) is 0 Å². The van der Waals surface area contributed by atoms with Gasteiger partial charge in [0.1, 0.15) is 5.78 Å². The fourth-order valence-electron chi connectivity index (χ4n) is 1.75. The van der Waals surface area contributed by atoms with E-state index in [-0.39, 0.29) is 11.9 Å². The molecule has 0 aliphatic heterocycles. The molecule has 0 aromatic carbocycles. The molecule has 4 heteroatoms. The average molecular weight is 223 g/mol. The molecule has 1 N–H and O–H groups in total. The third-order valence-corrected chi connectivity index (χ3v) is 3.35. The minimum Gasteiger partial charge on any atom is -0.349 e. The van der Waals surface area contributed by atoms with Crippen LogP contribution in [0.15, 0.2) is 16.8 Å². The van der Waals surface area contributed by atoms with Crippen molar-refractivity contribution >= 4 is 23.0 Å². The second-order valence-corrected chi connectivity index (χ2v) is 4.58. The largest absolute Gasteiger partial charge is 0.349 e. The molecule has 1 aliphatic rings. The smallest absolute Gasteiger partial charge is 0.252 e. The van der Waals surface area contributed by atoms with Crippen molar-refractivity contribution < 1.29 is 9.59 Å². The van der Waals surface area contributed by atoms with Gasteiger partial charge >= 0.3 is 0 Å². The van der Waals surface area contributed by atoms with Crippen molar-refractivity contribution in [3.05, 3.63) is 22.4 Å². The number of amides is 1. The minimum absolute atomic E-state index is 0.0180. The van der Waals surface area contributed by atoms with Crippen LogP contribution >= 0.6 is 11.3 Å². The summed E-state index contributed by atoms with van der Waals surface area (Å²) >= 11 is 1.52. The molecule has 1 fully saturated rings. The van der Waals surface area contributed by atoms with E-state index >= 15 is 0 Å². The summed E-state index contributed by atoms with van der Waals surface area (Å²) in [4.78, 5) is 22.7. The molecule has 15 heavy (non-hydrogen) atoms. The Morgan fingerprint density at radius 1 is 1.40 bits per heavy atom. The van der Waals surface area contributed by atoms with Crippen LogP contribution in [0.1, 0.15) is 36.0 Å². The Morgan fingerprint density at radius 2 is 2.13 bits per heavy atom. The van der Waals surface area contributed by atoms with E-state index in [1.807, 2.05) is 16.8 Å². The quantitative estimate of drug-likeness (QED) is 0.833. The number of ketones is 1. The highest BCUT2D eigenvalue weighted by Crippen LogP contribution is 2.15. The molecule has 0 atom stereocenters. The fraction of sp³-hybridized carbons (Fsp3) is 0.455. The van der Waals surface area contributed by atoms with E-state index in [2.05, 4.69) is 5.32 Å². The topological polar surface area (TPSA) is 46.2 Å². The molecule has 80 valence electrons. The number of Topliss-reactive ketones (excluding diaryl/α,β-unsaturated/α-hetero) is 1. The number of hydrogen-bond donors (Lipinski definition) is 1. The van der Waals surface area contributed by atoms with Gasteiger partial charge in [0, 0.05) is 29.8 Å². The van der Waals surface area contributed by atoms with E-state index in [4.69, 9.17) is 0 Å². The summed E-state index contributed by atoms with van der Waals surface area (Å²) in [5, 5.41) is 6.68. The summed E-state index contributed by atoms with van der Waals surface area (Å²) in [5.74, 6) is 0.298. The summed E-state index contributed by atoms with van der Waals surface area (Å²) in [5.41, 5.74) is 0.719. The molecule has 0 spiro atoms. The van der Waals surface area contributed by atoms with Gasteiger partial charge in [-0.2, -0.15) is 11.3 Å². The minimum atomic E-state index is -0.0180. The number of carbonyl (C=O) groups is 2. The van der Waals surface area contributed by atoms with Gasteiger partial charge in [0.2, 0.25) is 0 Å². The molecule has 0 saturated heterocycles. The number of rotatable bonds is 2. The zero-order valence-electron chi connectivity index (χ0n) is 8.36. The Labute approximate surface area is 92.5 Å². The van der Waals surface area contributed by atoms with E-state index in [1.165, 1.54) is 11.3 Å². The maximum atomic E-state index is 11.7. The van der Waals surface area contributed by atoms with E-state index < -0.39 is 0 Å².